The third-order valence-corrected chi connectivity index (χ3v) is 6.30. The Morgan fingerprint density at radius 2 is 1.80 bits per heavy atom. The van der Waals surface area contributed by atoms with Crippen LogP contribution in [0.1, 0.15) is 25.3 Å². The van der Waals surface area contributed by atoms with Gasteiger partial charge in [-0.25, -0.2) is 0 Å². The van der Waals surface area contributed by atoms with E-state index in [0.717, 1.165) is 52.7 Å². The summed E-state index contributed by atoms with van der Waals surface area (Å²) in [7, 11) is 0. The number of hydrogen-bond acceptors (Lipinski definition) is 3. The van der Waals surface area contributed by atoms with E-state index in [1.54, 1.807) is 0 Å². The minimum absolute atomic E-state index is 0.0224. The molecule has 5 heteroatoms. The van der Waals surface area contributed by atoms with Crippen LogP contribution in [0.5, 0.6) is 5.75 Å². The molecule has 1 N–H and O–H groups in total. The summed E-state index contributed by atoms with van der Waals surface area (Å²) in [6.07, 6.45) is 12.4. The van der Waals surface area contributed by atoms with Crippen LogP contribution >= 0.6 is 0 Å². The van der Waals surface area contributed by atoms with Crippen molar-refractivity contribution < 1.29 is 9.53 Å². The highest BCUT2D eigenvalue weighted by molar-refractivity contribution is 5.87. The maximum Gasteiger partial charge on any atom is 0.246 e. The Morgan fingerprint density at radius 3 is 2.57 bits per heavy atom. The van der Waals surface area contributed by atoms with Gasteiger partial charge in [-0.05, 0) is 67.5 Å². The van der Waals surface area contributed by atoms with Crippen molar-refractivity contribution in [1.29, 1.82) is 0 Å². The molecule has 2 aliphatic rings. The lowest BCUT2D eigenvalue weighted by molar-refractivity contribution is -0.131. The molecule has 1 fully saturated rings. The molecule has 35 heavy (non-hydrogen) atoms. The molecule has 0 spiro atoms. The average Bonchev–Trinajstić information content (AvgIpc) is 3.27. The van der Waals surface area contributed by atoms with Crippen LogP contribution in [-0.2, 0) is 4.79 Å². The van der Waals surface area contributed by atoms with Gasteiger partial charge in [-0.2, -0.15) is 0 Å². The Bertz CT molecular complexity index is 1390. The van der Waals surface area contributed by atoms with Crippen molar-refractivity contribution in [3.8, 4) is 5.75 Å². The molecule has 0 saturated carbocycles. The minimum Gasteiger partial charge on any atom is -0.459 e. The van der Waals surface area contributed by atoms with Gasteiger partial charge in [0.15, 0.2) is 0 Å². The van der Waals surface area contributed by atoms with Gasteiger partial charge in [0, 0.05) is 42.3 Å². The second-order valence-electron chi connectivity index (χ2n) is 8.72. The highest BCUT2D eigenvalue weighted by atomic mass is 16.5. The van der Waals surface area contributed by atoms with Crippen molar-refractivity contribution in [2.75, 3.05) is 18.4 Å². The first-order chi connectivity index (χ1) is 17.2. The lowest BCUT2D eigenvalue weighted by Gasteiger charge is -2.39. The number of amides is 1. The normalized spacial score (nSPS) is 15.5. The fourth-order valence-electron chi connectivity index (χ4n) is 4.42. The molecule has 2 heterocycles. The Kier molecular flexibility index (Phi) is 6.69. The average molecular weight is 464 g/mol. The smallest absolute Gasteiger partial charge is 0.246 e. The number of nitrogens with zero attached hydrogens (tertiary/aromatic N) is 2. The predicted octanol–water partition coefficient (Wildman–Crippen LogP) is 4.66. The van der Waals surface area contributed by atoms with Crippen LogP contribution in [0.4, 0.5) is 11.4 Å². The molecule has 3 aromatic rings. The summed E-state index contributed by atoms with van der Waals surface area (Å²) in [6.45, 7) is 4.94. The summed E-state index contributed by atoms with van der Waals surface area (Å²) < 4.78 is 8.76. The van der Waals surface area contributed by atoms with E-state index in [1.165, 1.54) is 6.08 Å². The molecular weight excluding hydrogens is 434 g/mol. The zero-order chi connectivity index (χ0) is 24.0. The molecule has 2 aromatic carbocycles. The number of carbonyl (C=O) groups is 1. The number of benzene rings is 2. The number of aromatic nitrogens is 1. The van der Waals surface area contributed by atoms with Gasteiger partial charge in [0.05, 0.1) is 11.4 Å². The monoisotopic (exact) mass is 463 g/mol. The number of anilines is 2. The largest absolute Gasteiger partial charge is 0.459 e. The number of rotatable bonds is 6. The Balaban J connectivity index is 1.47. The first-order valence-electron chi connectivity index (χ1n) is 12.0. The van der Waals surface area contributed by atoms with E-state index in [0.29, 0.717) is 13.1 Å². The molecule has 0 radical (unpaired) electrons. The summed E-state index contributed by atoms with van der Waals surface area (Å²) in [5, 5.41) is 5.47. The van der Waals surface area contributed by atoms with Crippen molar-refractivity contribution in [3.05, 3.63) is 108 Å². The van der Waals surface area contributed by atoms with Gasteiger partial charge in [-0.3, -0.25) is 4.79 Å². The standard InChI is InChI=1S/C30H29N3O2/c1-2-29(34)32-21-26(22-32)33-20-19-23-11-7-4-3-5-10-14-28(30(23)33)35-27-17-15-25(16-18-27)31-24-12-8-6-9-13-24/h2-3,5-9,12-13,15-20,26,31H,1,4,10,14,21-22H2. The number of carbonyl (C=O) groups excluding carboxylic acids is 1. The molecule has 176 valence electrons. The van der Waals surface area contributed by atoms with Gasteiger partial charge in [-0.15, -0.1) is 5.73 Å². The van der Waals surface area contributed by atoms with E-state index in [4.69, 9.17) is 4.74 Å². The first-order valence-corrected chi connectivity index (χ1v) is 12.0. The molecule has 1 amide bonds. The highest BCUT2D eigenvalue weighted by Gasteiger charge is 2.31. The molecule has 0 unspecified atom stereocenters. The van der Waals surface area contributed by atoms with Crippen LogP contribution in [0, 0.1) is 0 Å². The van der Waals surface area contributed by atoms with Crippen molar-refractivity contribution in [2.24, 2.45) is 0 Å². The number of fused-ring (bicyclic) bond motifs is 1. The van der Waals surface area contributed by atoms with Crippen LogP contribution in [0.15, 0.2) is 97.7 Å². The lowest BCUT2D eigenvalue weighted by atomic mass is 10.1. The van der Waals surface area contributed by atoms with E-state index in [2.05, 4.69) is 52.7 Å². The molecule has 1 aliphatic carbocycles. The summed E-state index contributed by atoms with van der Waals surface area (Å²) in [6, 6.07) is 20.4. The predicted molar refractivity (Wildman–Crippen MR) is 141 cm³/mol. The maximum absolute atomic E-state index is 12.0. The SMILES string of the molecule is C=CC(=O)N1CC(n2ccc3c2=C(Oc2ccc(Nc4ccccc4)cc2)CCC=CCC=C=3)C1. The quantitative estimate of drug-likeness (QED) is 0.427. The molecule has 5 rings (SSSR count). The molecule has 5 nitrogen and oxygen atoms in total. The summed E-state index contributed by atoms with van der Waals surface area (Å²) in [4.78, 5) is 13.8. The van der Waals surface area contributed by atoms with Crippen LogP contribution in [0.2, 0.25) is 0 Å². The van der Waals surface area contributed by atoms with E-state index in [-0.39, 0.29) is 11.9 Å². The zero-order valence-corrected chi connectivity index (χ0v) is 19.7. The summed E-state index contributed by atoms with van der Waals surface area (Å²) in [5.74, 6) is 1.68. The minimum atomic E-state index is -0.0224. The number of hydrogen-bond donors (Lipinski definition) is 1. The van der Waals surface area contributed by atoms with E-state index in [1.807, 2.05) is 59.5 Å². The Labute approximate surface area is 205 Å². The van der Waals surface area contributed by atoms with Gasteiger partial charge >= 0.3 is 0 Å². The number of nitrogens with one attached hydrogen (secondary N) is 1. The molecule has 1 aliphatic heterocycles. The molecule has 0 bridgehead atoms. The fourth-order valence-corrected chi connectivity index (χ4v) is 4.42. The second kappa shape index (κ2) is 10.4. The highest BCUT2D eigenvalue weighted by Crippen LogP contribution is 2.24. The van der Waals surface area contributed by atoms with Gasteiger partial charge in [0.25, 0.3) is 0 Å². The Morgan fingerprint density at radius 1 is 1.03 bits per heavy atom. The van der Waals surface area contributed by atoms with Crippen molar-refractivity contribution >= 4 is 28.8 Å². The number of ether oxygens (including phenoxy) is 1. The fraction of sp³-hybridized carbons (Fsp3) is 0.200. The summed E-state index contributed by atoms with van der Waals surface area (Å²) >= 11 is 0. The third-order valence-electron chi connectivity index (χ3n) is 6.30. The number of para-hydroxylation sites is 1. The second-order valence-corrected chi connectivity index (χ2v) is 8.72. The van der Waals surface area contributed by atoms with Gasteiger partial charge in [0.1, 0.15) is 11.5 Å². The number of likely N-dealkylation sites (tertiary alicyclic amines) is 1. The van der Waals surface area contributed by atoms with Crippen LogP contribution in [0.25, 0.3) is 11.5 Å². The van der Waals surface area contributed by atoms with E-state index >= 15 is 0 Å². The molecule has 1 saturated heterocycles. The molecule has 1 aromatic heterocycles. The zero-order valence-electron chi connectivity index (χ0n) is 19.7. The first kappa shape index (κ1) is 22.6. The summed E-state index contributed by atoms with van der Waals surface area (Å²) in [5.41, 5.74) is 5.50. The van der Waals surface area contributed by atoms with Crippen molar-refractivity contribution in [2.45, 2.75) is 25.3 Å². The van der Waals surface area contributed by atoms with Crippen LogP contribution in [-0.4, -0.2) is 28.5 Å². The maximum atomic E-state index is 12.0. The van der Waals surface area contributed by atoms with Gasteiger partial charge in [0.2, 0.25) is 5.91 Å². The van der Waals surface area contributed by atoms with Gasteiger partial charge < -0.3 is 19.5 Å². The van der Waals surface area contributed by atoms with Crippen molar-refractivity contribution in [1.82, 2.24) is 9.47 Å². The Hall–Kier alpha value is -4.21. The van der Waals surface area contributed by atoms with Crippen LogP contribution < -0.4 is 20.6 Å². The molecule has 0 atom stereocenters. The van der Waals surface area contributed by atoms with E-state index < -0.39 is 0 Å². The number of allylic oxidation sites excluding steroid dienone is 3. The van der Waals surface area contributed by atoms with Gasteiger partial charge in [-0.1, -0.05) is 36.9 Å². The third kappa shape index (κ3) is 5.16. The van der Waals surface area contributed by atoms with E-state index in [9.17, 15) is 4.79 Å². The topological polar surface area (TPSA) is 46.5 Å². The molecular formula is C30H29N3O2. The lowest BCUT2D eigenvalue weighted by Crippen LogP contribution is -2.53. The van der Waals surface area contributed by atoms with Crippen LogP contribution in [0.3, 0.4) is 0 Å². The van der Waals surface area contributed by atoms with Crippen molar-refractivity contribution in [3.63, 3.8) is 0 Å².